The molecule has 16 heavy (non-hydrogen) atoms. The molecule has 0 unspecified atom stereocenters. The third-order valence-corrected chi connectivity index (χ3v) is 4.00. The van der Waals surface area contributed by atoms with E-state index in [1.165, 1.54) is 11.3 Å². The van der Waals surface area contributed by atoms with Crippen molar-refractivity contribution < 1.29 is 4.79 Å². The Morgan fingerprint density at radius 2 is 1.94 bits per heavy atom. The van der Waals surface area contributed by atoms with E-state index in [-0.39, 0.29) is 5.78 Å². The smallest absolute Gasteiger partial charge is 0.203 e. The molecule has 0 fully saturated rings. The molecular formula is C12H8Cl2OS. The third-order valence-electron chi connectivity index (χ3n) is 2.25. The molecule has 1 heterocycles. The second-order valence-corrected chi connectivity index (χ2v) is 5.12. The Labute approximate surface area is 108 Å². The monoisotopic (exact) mass is 270 g/mol. The molecule has 0 spiro atoms. The molecule has 0 N–H and O–H groups in total. The van der Waals surface area contributed by atoms with Crippen LogP contribution in [0.1, 0.15) is 20.8 Å². The van der Waals surface area contributed by atoms with Crippen LogP contribution in [0.2, 0.25) is 10.0 Å². The number of carbonyl (C=O) groups is 1. The molecule has 1 nitrogen and oxygen atoms in total. The first-order valence-electron chi connectivity index (χ1n) is 4.63. The first kappa shape index (κ1) is 11.6. The van der Waals surface area contributed by atoms with Crippen molar-refractivity contribution >= 4 is 40.3 Å². The van der Waals surface area contributed by atoms with Gasteiger partial charge in [-0.2, -0.15) is 0 Å². The van der Waals surface area contributed by atoms with Crippen molar-refractivity contribution in [3.8, 4) is 0 Å². The lowest BCUT2D eigenvalue weighted by molar-refractivity contribution is 0.104. The van der Waals surface area contributed by atoms with Crippen molar-refractivity contribution in [1.82, 2.24) is 0 Å². The summed E-state index contributed by atoms with van der Waals surface area (Å²) >= 11 is 13.1. The molecule has 0 aliphatic heterocycles. The van der Waals surface area contributed by atoms with Crippen LogP contribution in [0, 0.1) is 6.92 Å². The number of hydrogen-bond acceptors (Lipinski definition) is 2. The van der Waals surface area contributed by atoms with Crippen molar-refractivity contribution in [1.29, 1.82) is 0 Å². The second kappa shape index (κ2) is 4.58. The van der Waals surface area contributed by atoms with E-state index in [1.807, 2.05) is 18.4 Å². The van der Waals surface area contributed by atoms with Crippen molar-refractivity contribution in [3.63, 3.8) is 0 Å². The zero-order valence-electron chi connectivity index (χ0n) is 8.46. The van der Waals surface area contributed by atoms with Gasteiger partial charge in [-0.25, -0.2) is 0 Å². The largest absolute Gasteiger partial charge is 0.288 e. The van der Waals surface area contributed by atoms with Crippen LogP contribution in [0.15, 0.2) is 29.6 Å². The molecule has 0 amide bonds. The van der Waals surface area contributed by atoms with Gasteiger partial charge in [-0.15, -0.1) is 11.3 Å². The Morgan fingerprint density at radius 1 is 1.19 bits per heavy atom. The molecule has 4 heteroatoms. The number of thiophene rings is 1. The summed E-state index contributed by atoms with van der Waals surface area (Å²) in [5, 5.41) is 2.77. The summed E-state index contributed by atoms with van der Waals surface area (Å²) in [6.45, 7) is 1.92. The lowest BCUT2D eigenvalue weighted by Crippen LogP contribution is -2.00. The average molecular weight is 271 g/mol. The molecule has 1 aromatic carbocycles. The van der Waals surface area contributed by atoms with Crippen LogP contribution in [-0.4, -0.2) is 5.78 Å². The Morgan fingerprint density at radius 3 is 2.50 bits per heavy atom. The number of carbonyl (C=O) groups excluding carboxylic acids is 1. The summed E-state index contributed by atoms with van der Waals surface area (Å²) in [5.41, 5.74) is 1.56. The van der Waals surface area contributed by atoms with Gasteiger partial charge in [-0.1, -0.05) is 23.2 Å². The van der Waals surface area contributed by atoms with Crippen molar-refractivity contribution in [2.45, 2.75) is 6.92 Å². The predicted molar refractivity (Wildman–Crippen MR) is 69.0 cm³/mol. The number of halogens is 2. The highest BCUT2D eigenvalue weighted by Crippen LogP contribution is 2.26. The quantitative estimate of drug-likeness (QED) is 0.730. The summed E-state index contributed by atoms with van der Waals surface area (Å²) in [7, 11) is 0. The van der Waals surface area contributed by atoms with Crippen LogP contribution in [-0.2, 0) is 0 Å². The van der Waals surface area contributed by atoms with Gasteiger partial charge < -0.3 is 0 Å². The number of aryl methyl sites for hydroxylation is 1. The highest BCUT2D eigenvalue weighted by molar-refractivity contribution is 7.12. The maximum Gasteiger partial charge on any atom is 0.203 e. The molecule has 2 aromatic rings. The van der Waals surface area contributed by atoms with E-state index in [9.17, 15) is 4.79 Å². The first-order chi connectivity index (χ1) is 7.59. The van der Waals surface area contributed by atoms with Crippen molar-refractivity contribution in [2.75, 3.05) is 0 Å². The maximum absolute atomic E-state index is 12.1. The topological polar surface area (TPSA) is 17.1 Å². The number of rotatable bonds is 2. The first-order valence-corrected chi connectivity index (χ1v) is 6.27. The fraction of sp³-hybridized carbons (Fsp3) is 0.0833. The predicted octanol–water partition coefficient (Wildman–Crippen LogP) is 4.59. The average Bonchev–Trinajstić information content (AvgIpc) is 2.67. The fourth-order valence-corrected chi connectivity index (χ4v) is 2.56. The van der Waals surface area contributed by atoms with Gasteiger partial charge in [0.2, 0.25) is 5.78 Å². The number of benzene rings is 1. The van der Waals surface area contributed by atoms with Gasteiger partial charge in [0.25, 0.3) is 0 Å². The van der Waals surface area contributed by atoms with E-state index in [0.29, 0.717) is 15.6 Å². The zero-order valence-corrected chi connectivity index (χ0v) is 10.8. The minimum Gasteiger partial charge on any atom is -0.288 e. The van der Waals surface area contributed by atoms with E-state index in [4.69, 9.17) is 23.2 Å². The lowest BCUT2D eigenvalue weighted by Gasteiger charge is -2.01. The second-order valence-electron chi connectivity index (χ2n) is 3.39. The van der Waals surface area contributed by atoms with E-state index < -0.39 is 0 Å². The SMILES string of the molecule is Cc1ccsc1C(=O)c1ccc(Cl)c(Cl)c1. The summed E-state index contributed by atoms with van der Waals surface area (Å²) < 4.78 is 0. The minimum absolute atomic E-state index is 0.00827. The highest BCUT2D eigenvalue weighted by atomic mass is 35.5. The van der Waals surface area contributed by atoms with E-state index in [1.54, 1.807) is 18.2 Å². The van der Waals surface area contributed by atoms with Gasteiger partial charge in [0.15, 0.2) is 0 Å². The molecular weight excluding hydrogens is 263 g/mol. The van der Waals surface area contributed by atoms with Crippen molar-refractivity contribution in [2.24, 2.45) is 0 Å². The molecule has 0 radical (unpaired) electrons. The molecule has 1 aromatic heterocycles. The Hall–Kier alpha value is -0.830. The van der Waals surface area contributed by atoms with Gasteiger partial charge in [-0.3, -0.25) is 4.79 Å². The zero-order chi connectivity index (χ0) is 11.7. The molecule has 0 atom stereocenters. The fourth-order valence-electron chi connectivity index (χ4n) is 1.37. The van der Waals surface area contributed by atoms with Crippen LogP contribution < -0.4 is 0 Å². The van der Waals surface area contributed by atoms with Crippen LogP contribution in [0.5, 0.6) is 0 Å². The van der Waals surface area contributed by atoms with E-state index in [2.05, 4.69) is 0 Å². The summed E-state index contributed by atoms with van der Waals surface area (Å²) in [6.07, 6.45) is 0. The van der Waals surface area contributed by atoms with Crippen LogP contribution in [0.4, 0.5) is 0 Å². The molecule has 0 saturated carbocycles. The summed E-state index contributed by atoms with van der Waals surface area (Å²) in [5.74, 6) is -0.00827. The molecule has 2 rings (SSSR count). The van der Waals surface area contributed by atoms with E-state index >= 15 is 0 Å². The van der Waals surface area contributed by atoms with Gasteiger partial charge >= 0.3 is 0 Å². The Bertz CT molecular complexity index is 546. The lowest BCUT2D eigenvalue weighted by atomic mass is 10.1. The van der Waals surface area contributed by atoms with Gasteiger partial charge in [0, 0.05) is 5.56 Å². The molecule has 0 saturated heterocycles. The Balaban J connectivity index is 2.42. The van der Waals surface area contributed by atoms with Gasteiger partial charge in [0.05, 0.1) is 14.9 Å². The third kappa shape index (κ3) is 2.14. The van der Waals surface area contributed by atoms with Crippen LogP contribution in [0.25, 0.3) is 0 Å². The maximum atomic E-state index is 12.1. The summed E-state index contributed by atoms with van der Waals surface area (Å²) in [4.78, 5) is 12.8. The number of ketones is 1. The van der Waals surface area contributed by atoms with Crippen LogP contribution >= 0.6 is 34.5 Å². The Kier molecular flexibility index (Phi) is 3.33. The molecule has 0 bridgehead atoms. The van der Waals surface area contributed by atoms with Crippen molar-refractivity contribution in [3.05, 3.63) is 55.7 Å². The highest BCUT2D eigenvalue weighted by Gasteiger charge is 2.13. The standard InChI is InChI=1S/C12H8Cl2OS/c1-7-4-5-16-12(7)11(15)8-2-3-9(13)10(14)6-8/h2-6H,1H3. The van der Waals surface area contributed by atoms with Crippen LogP contribution in [0.3, 0.4) is 0 Å². The van der Waals surface area contributed by atoms with Gasteiger partial charge in [-0.05, 0) is 42.1 Å². The minimum atomic E-state index is -0.00827. The summed E-state index contributed by atoms with van der Waals surface area (Å²) in [6, 6.07) is 6.86. The molecule has 82 valence electrons. The molecule has 0 aliphatic rings. The molecule has 0 aliphatic carbocycles. The van der Waals surface area contributed by atoms with Gasteiger partial charge in [0.1, 0.15) is 0 Å². The number of hydrogen-bond donors (Lipinski definition) is 0. The normalized spacial score (nSPS) is 10.4. The van der Waals surface area contributed by atoms with E-state index in [0.717, 1.165) is 10.4 Å².